The first-order valence-electron chi connectivity index (χ1n) is 5.10. The molecule has 1 aromatic carbocycles. The zero-order valence-corrected chi connectivity index (χ0v) is 9.78. The van der Waals surface area contributed by atoms with E-state index in [1.165, 1.54) is 26.0 Å². The van der Waals surface area contributed by atoms with Gasteiger partial charge in [-0.1, -0.05) is 6.08 Å². The minimum absolute atomic E-state index is 0.0323. The molecule has 0 atom stereocenters. The Labute approximate surface area is 99.2 Å². The van der Waals surface area contributed by atoms with Crippen LogP contribution < -0.4 is 0 Å². The summed E-state index contributed by atoms with van der Waals surface area (Å²) in [6, 6.07) is 1.21. The maximum atomic E-state index is 11.3. The normalized spacial score (nSPS) is 10.0. The zero-order valence-electron chi connectivity index (χ0n) is 9.78. The van der Waals surface area contributed by atoms with Crippen LogP contribution >= 0.6 is 0 Å². The van der Waals surface area contributed by atoms with Crippen LogP contribution in [0.4, 0.5) is 0 Å². The molecule has 90 valence electrons. The molecule has 0 unspecified atom stereocenters. The summed E-state index contributed by atoms with van der Waals surface area (Å²) in [7, 11) is 0. The summed E-state index contributed by atoms with van der Waals surface area (Å²) in [5.74, 6) is -1.31. The number of aromatic hydroxyl groups is 2. The van der Waals surface area contributed by atoms with E-state index in [9.17, 15) is 19.8 Å². The summed E-state index contributed by atoms with van der Waals surface area (Å²) in [5.41, 5.74) is 0.215. The van der Waals surface area contributed by atoms with Crippen molar-refractivity contribution in [2.24, 2.45) is 0 Å². The lowest BCUT2D eigenvalue weighted by atomic mass is 9.96. The maximum absolute atomic E-state index is 11.3. The number of Topliss-reactive ketones (excluding diaryl/α,β-unsaturated/α-hetero) is 2. The molecule has 1 rings (SSSR count). The molecule has 0 aliphatic rings. The molecule has 0 heterocycles. The number of hydrogen-bond acceptors (Lipinski definition) is 4. The zero-order chi connectivity index (χ0) is 13.2. The number of allylic oxidation sites excluding steroid dienone is 1. The van der Waals surface area contributed by atoms with Gasteiger partial charge in [-0.2, -0.15) is 0 Å². The molecule has 1 aromatic rings. The summed E-state index contributed by atoms with van der Waals surface area (Å²) in [6.45, 7) is 6.07. The van der Waals surface area contributed by atoms with Crippen LogP contribution in [0.5, 0.6) is 11.5 Å². The molecule has 4 heteroatoms. The van der Waals surface area contributed by atoms with Gasteiger partial charge >= 0.3 is 0 Å². The van der Waals surface area contributed by atoms with Crippen molar-refractivity contribution < 1.29 is 19.8 Å². The Balaban J connectivity index is 3.62. The Morgan fingerprint density at radius 2 is 1.59 bits per heavy atom. The van der Waals surface area contributed by atoms with Crippen molar-refractivity contribution in [1.29, 1.82) is 0 Å². The fourth-order valence-electron chi connectivity index (χ4n) is 1.59. The quantitative estimate of drug-likeness (QED) is 0.618. The van der Waals surface area contributed by atoms with Crippen molar-refractivity contribution in [3.05, 3.63) is 35.4 Å². The SMILES string of the molecule is C=CCc1c(O)c(C(C)=O)cc(C(C)=O)c1O. The van der Waals surface area contributed by atoms with Crippen LogP contribution in [-0.2, 0) is 6.42 Å². The van der Waals surface area contributed by atoms with Gasteiger partial charge < -0.3 is 10.2 Å². The molecule has 4 nitrogen and oxygen atoms in total. The van der Waals surface area contributed by atoms with Gasteiger partial charge in [0, 0.05) is 5.56 Å². The van der Waals surface area contributed by atoms with Crippen LogP contribution in [0.25, 0.3) is 0 Å². The topological polar surface area (TPSA) is 74.6 Å². The largest absolute Gasteiger partial charge is 0.507 e. The van der Waals surface area contributed by atoms with Gasteiger partial charge in [0.05, 0.1) is 11.1 Å². The second kappa shape index (κ2) is 4.82. The average Bonchev–Trinajstić information content (AvgIpc) is 2.23. The van der Waals surface area contributed by atoms with Crippen LogP contribution in [0.1, 0.15) is 40.1 Å². The highest BCUT2D eigenvalue weighted by Gasteiger charge is 2.20. The molecule has 0 aromatic heterocycles. The summed E-state index contributed by atoms with van der Waals surface area (Å²) in [6.07, 6.45) is 1.65. The van der Waals surface area contributed by atoms with E-state index in [0.717, 1.165) is 0 Å². The third-order valence-corrected chi connectivity index (χ3v) is 2.48. The molecule has 0 fully saturated rings. The van der Waals surface area contributed by atoms with E-state index >= 15 is 0 Å². The number of benzene rings is 1. The standard InChI is InChI=1S/C13H14O4/c1-4-5-9-12(16)10(7(2)14)6-11(8(3)15)13(9)17/h4,6,16-17H,1,5H2,2-3H3. The van der Waals surface area contributed by atoms with Crippen molar-refractivity contribution in [2.45, 2.75) is 20.3 Å². The fraction of sp³-hybridized carbons (Fsp3) is 0.231. The van der Waals surface area contributed by atoms with E-state index in [-0.39, 0.29) is 46.2 Å². The molecule has 0 saturated heterocycles. The van der Waals surface area contributed by atoms with Crippen LogP contribution in [-0.4, -0.2) is 21.8 Å². The van der Waals surface area contributed by atoms with Crippen LogP contribution in [0.3, 0.4) is 0 Å². The number of carbonyl (C=O) groups excluding carboxylic acids is 2. The molecule has 0 saturated carbocycles. The van der Waals surface area contributed by atoms with Crippen LogP contribution in [0.2, 0.25) is 0 Å². The lowest BCUT2D eigenvalue weighted by Crippen LogP contribution is -2.03. The third kappa shape index (κ3) is 2.36. The van der Waals surface area contributed by atoms with Gasteiger partial charge in [-0.05, 0) is 26.3 Å². The molecule has 17 heavy (non-hydrogen) atoms. The van der Waals surface area contributed by atoms with E-state index in [1.807, 2.05) is 0 Å². The van der Waals surface area contributed by atoms with Gasteiger partial charge in [0.25, 0.3) is 0 Å². The molecule has 0 aliphatic carbocycles. The predicted molar refractivity (Wildman–Crippen MR) is 63.7 cm³/mol. The van der Waals surface area contributed by atoms with Crippen molar-refractivity contribution >= 4 is 11.6 Å². The van der Waals surface area contributed by atoms with Gasteiger partial charge in [-0.15, -0.1) is 6.58 Å². The Morgan fingerprint density at radius 3 is 1.88 bits per heavy atom. The monoisotopic (exact) mass is 234 g/mol. The van der Waals surface area contributed by atoms with E-state index < -0.39 is 0 Å². The number of hydrogen-bond donors (Lipinski definition) is 2. The highest BCUT2D eigenvalue weighted by molar-refractivity contribution is 6.03. The van der Waals surface area contributed by atoms with E-state index in [4.69, 9.17) is 0 Å². The van der Waals surface area contributed by atoms with Crippen LogP contribution in [0, 0.1) is 0 Å². The Kier molecular flexibility index (Phi) is 3.68. The summed E-state index contributed by atoms with van der Waals surface area (Å²) in [5, 5.41) is 19.7. The molecule has 0 aliphatic heterocycles. The average molecular weight is 234 g/mol. The van der Waals surface area contributed by atoms with Gasteiger partial charge in [0.2, 0.25) is 0 Å². The van der Waals surface area contributed by atoms with Gasteiger partial charge in [0.15, 0.2) is 11.6 Å². The van der Waals surface area contributed by atoms with Crippen molar-refractivity contribution in [3.63, 3.8) is 0 Å². The highest BCUT2D eigenvalue weighted by Crippen LogP contribution is 2.35. The first-order chi connectivity index (χ1) is 7.90. The first kappa shape index (κ1) is 13.0. The molecule has 0 spiro atoms. The van der Waals surface area contributed by atoms with Gasteiger partial charge in [-0.25, -0.2) is 0 Å². The minimum atomic E-state index is -0.365. The number of ketones is 2. The highest BCUT2D eigenvalue weighted by atomic mass is 16.3. The fourth-order valence-corrected chi connectivity index (χ4v) is 1.59. The first-order valence-corrected chi connectivity index (χ1v) is 5.10. The molecule has 0 radical (unpaired) electrons. The lowest BCUT2D eigenvalue weighted by Gasteiger charge is -2.12. The predicted octanol–water partition coefficient (Wildman–Crippen LogP) is 2.23. The summed E-state index contributed by atoms with van der Waals surface area (Å²) >= 11 is 0. The van der Waals surface area contributed by atoms with E-state index in [1.54, 1.807) is 0 Å². The van der Waals surface area contributed by atoms with Crippen LogP contribution in [0.15, 0.2) is 18.7 Å². The summed E-state index contributed by atoms with van der Waals surface area (Å²) in [4.78, 5) is 22.7. The van der Waals surface area contributed by atoms with E-state index in [0.29, 0.717) is 0 Å². The molecular weight excluding hydrogens is 220 g/mol. The number of rotatable bonds is 4. The smallest absolute Gasteiger partial charge is 0.163 e. The Bertz CT molecular complexity index is 462. The molecule has 2 N–H and O–H groups in total. The van der Waals surface area contributed by atoms with Gasteiger partial charge in [0.1, 0.15) is 11.5 Å². The number of phenols is 2. The Hall–Kier alpha value is -2.10. The second-order valence-corrected chi connectivity index (χ2v) is 3.75. The minimum Gasteiger partial charge on any atom is -0.507 e. The second-order valence-electron chi connectivity index (χ2n) is 3.75. The lowest BCUT2D eigenvalue weighted by molar-refractivity contribution is 0.101. The Morgan fingerprint density at radius 1 is 1.18 bits per heavy atom. The van der Waals surface area contributed by atoms with Crippen molar-refractivity contribution in [3.8, 4) is 11.5 Å². The number of phenolic OH excluding ortho intramolecular Hbond substituents is 2. The molecule has 0 amide bonds. The van der Waals surface area contributed by atoms with Crippen molar-refractivity contribution in [1.82, 2.24) is 0 Å². The molecule has 0 bridgehead atoms. The van der Waals surface area contributed by atoms with Gasteiger partial charge in [-0.3, -0.25) is 9.59 Å². The third-order valence-electron chi connectivity index (χ3n) is 2.48. The van der Waals surface area contributed by atoms with Crippen molar-refractivity contribution in [2.75, 3.05) is 0 Å². The summed E-state index contributed by atoms with van der Waals surface area (Å²) < 4.78 is 0. The molecular formula is C13H14O4. The maximum Gasteiger partial charge on any atom is 0.163 e. The number of carbonyl (C=O) groups is 2. The van der Waals surface area contributed by atoms with E-state index in [2.05, 4.69) is 6.58 Å².